The minimum atomic E-state index is -4.74. The summed E-state index contributed by atoms with van der Waals surface area (Å²) in [5.74, 6) is -1.24. The second-order valence-corrected chi connectivity index (χ2v) is 10.1. The maximum absolute atomic E-state index is 15.2. The van der Waals surface area contributed by atoms with Crippen LogP contribution in [0.15, 0.2) is 60.8 Å². The molecule has 6 nitrogen and oxygen atoms in total. The Hall–Kier alpha value is -4.15. The molecule has 1 saturated heterocycles. The van der Waals surface area contributed by atoms with Crippen molar-refractivity contribution in [2.75, 3.05) is 29.4 Å². The lowest BCUT2D eigenvalue weighted by Crippen LogP contribution is -2.52. The Morgan fingerprint density at radius 3 is 2.46 bits per heavy atom. The van der Waals surface area contributed by atoms with Crippen LogP contribution in [-0.4, -0.2) is 47.2 Å². The van der Waals surface area contributed by atoms with Crippen molar-refractivity contribution < 1.29 is 31.5 Å². The van der Waals surface area contributed by atoms with Gasteiger partial charge in [0.1, 0.15) is 28.7 Å². The first-order valence-corrected chi connectivity index (χ1v) is 13.4. The highest BCUT2D eigenvalue weighted by Crippen LogP contribution is 2.30. The van der Waals surface area contributed by atoms with E-state index in [0.29, 0.717) is 60.8 Å². The van der Waals surface area contributed by atoms with Crippen molar-refractivity contribution in [2.24, 2.45) is 0 Å². The minimum absolute atomic E-state index is 0.0263. The number of aromatic nitrogens is 2. The lowest BCUT2D eigenvalue weighted by Gasteiger charge is -2.42. The Morgan fingerprint density at radius 2 is 1.80 bits per heavy atom. The first-order chi connectivity index (χ1) is 19.5. The zero-order valence-corrected chi connectivity index (χ0v) is 22.6. The van der Waals surface area contributed by atoms with Gasteiger partial charge in [-0.05, 0) is 67.8 Å². The number of Topliss-reactive ketones (excluding diaryl/α,β-unsaturated/α-hetero) is 1. The van der Waals surface area contributed by atoms with Gasteiger partial charge in [-0.3, -0.25) is 9.20 Å². The van der Waals surface area contributed by atoms with Crippen LogP contribution in [0.4, 0.5) is 33.3 Å². The average Bonchev–Trinajstić information content (AvgIpc) is 3.29. The summed E-state index contributed by atoms with van der Waals surface area (Å²) in [5.41, 5.74) is 3.30. The average molecular weight is 573 g/mol. The molecule has 1 aliphatic heterocycles. The maximum atomic E-state index is 15.2. The third kappa shape index (κ3) is 6.28. The molecule has 0 amide bonds. The molecular weight excluding hydrogens is 543 g/mol. The number of imidazole rings is 1. The van der Waals surface area contributed by atoms with Gasteiger partial charge in [0.15, 0.2) is 5.78 Å². The van der Waals surface area contributed by atoms with Gasteiger partial charge in [0.25, 0.3) is 0 Å². The Labute approximate surface area is 234 Å². The van der Waals surface area contributed by atoms with E-state index in [1.807, 2.05) is 24.8 Å². The van der Waals surface area contributed by atoms with Crippen molar-refractivity contribution in [3.05, 3.63) is 89.4 Å². The fourth-order valence-electron chi connectivity index (χ4n) is 5.35. The molecule has 3 heterocycles. The van der Waals surface area contributed by atoms with Crippen LogP contribution >= 0.6 is 0 Å². The molecule has 0 saturated carbocycles. The zero-order chi connectivity index (χ0) is 29.3. The molecule has 1 aliphatic rings. The number of halogens is 5. The van der Waals surface area contributed by atoms with E-state index in [2.05, 4.69) is 14.6 Å². The molecule has 1 atom stereocenters. The molecule has 41 heavy (non-hydrogen) atoms. The van der Waals surface area contributed by atoms with Crippen LogP contribution < -0.4 is 14.5 Å². The van der Waals surface area contributed by atoms with E-state index >= 15 is 4.39 Å². The number of piperazine rings is 1. The lowest BCUT2D eigenvalue weighted by molar-refractivity contribution is -0.274. The van der Waals surface area contributed by atoms with Crippen molar-refractivity contribution in [3.63, 3.8) is 0 Å². The number of ketones is 1. The van der Waals surface area contributed by atoms with Crippen molar-refractivity contribution in [2.45, 2.75) is 45.5 Å². The molecule has 1 fully saturated rings. The number of anilines is 2. The third-order valence-corrected chi connectivity index (χ3v) is 7.28. The highest BCUT2D eigenvalue weighted by Gasteiger charge is 2.31. The van der Waals surface area contributed by atoms with Gasteiger partial charge in [-0.1, -0.05) is 13.0 Å². The number of rotatable bonds is 8. The number of ether oxygens (including phenoxy) is 1. The van der Waals surface area contributed by atoms with Gasteiger partial charge in [-0.15, -0.1) is 13.2 Å². The van der Waals surface area contributed by atoms with Crippen molar-refractivity contribution in [1.82, 2.24) is 9.38 Å². The number of aryl methyl sites for hydroxylation is 2. The van der Waals surface area contributed by atoms with E-state index in [1.54, 1.807) is 22.6 Å². The van der Waals surface area contributed by atoms with Crippen LogP contribution in [-0.2, 0) is 12.8 Å². The molecule has 0 N–H and O–H groups in total. The minimum Gasteiger partial charge on any atom is -0.406 e. The fraction of sp³-hybridized carbons (Fsp3) is 0.333. The number of carbonyl (C=O) groups excluding carboxylic acids is 1. The van der Waals surface area contributed by atoms with Gasteiger partial charge >= 0.3 is 6.36 Å². The van der Waals surface area contributed by atoms with Gasteiger partial charge < -0.3 is 14.5 Å². The molecule has 11 heteroatoms. The SMILES string of the molecule is CCc1nc2cc(F)ccn2c1C(=O)CCc1ccc(N2CCN(c3ccc(OC(F)(F)F)cc3)[C@@H](C)C2)c(F)c1. The van der Waals surface area contributed by atoms with Crippen molar-refractivity contribution in [1.29, 1.82) is 0 Å². The van der Waals surface area contributed by atoms with Gasteiger partial charge in [-0.2, -0.15) is 0 Å². The molecule has 0 aliphatic carbocycles. The van der Waals surface area contributed by atoms with E-state index in [-0.39, 0.29) is 29.8 Å². The summed E-state index contributed by atoms with van der Waals surface area (Å²) in [6.07, 6.45) is -2.23. The quantitative estimate of drug-likeness (QED) is 0.176. The summed E-state index contributed by atoms with van der Waals surface area (Å²) in [6, 6.07) is 13.2. The number of hydrogen-bond donors (Lipinski definition) is 0. The molecule has 0 spiro atoms. The van der Waals surface area contributed by atoms with Gasteiger partial charge in [-0.25, -0.2) is 13.8 Å². The monoisotopic (exact) mass is 572 g/mol. The summed E-state index contributed by atoms with van der Waals surface area (Å²) >= 11 is 0. The first-order valence-electron chi connectivity index (χ1n) is 13.4. The normalized spacial score (nSPS) is 15.9. The number of alkyl halides is 3. The predicted molar refractivity (Wildman–Crippen MR) is 146 cm³/mol. The van der Waals surface area contributed by atoms with E-state index in [1.165, 1.54) is 36.5 Å². The van der Waals surface area contributed by atoms with Crippen LogP contribution in [0.5, 0.6) is 5.75 Å². The van der Waals surface area contributed by atoms with E-state index in [4.69, 9.17) is 0 Å². The first kappa shape index (κ1) is 28.4. The molecular formula is C30H29F5N4O2. The van der Waals surface area contributed by atoms with E-state index in [0.717, 1.165) is 5.69 Å². The number of pyridine rings is 1. The molecule has 5 rings (SSSR count). The molecule has 216 valence electrons. The predicted octanol–water partition coefficient (Wildman–Crippen LogP) is 6.60. The number of carbonyl (C=O) groups is 1. The molecule has 0 bridgehead atoms. The van der Waals surface area contributed by atoms with Crippen LogP contribution in [0.3, 0.4) is 0 Å². The fourth-order valence-corrected chi connectivity index (χ4v) is 5.35. The highest BCUT2D eigenvalue weighted by molar-refractivity contribution is 5.96. The second-order valence-electron chi connectivity index (χ2n) is 10.1. The second kappa shape index (κ2) is 11.4. The smallest absolute Gasteiger partial charge is 0.406 e. The molecule has 2 aromatic heterocycles. The van der Waals surface area contributed by atoms with E-state index in [9.17, 15) is 22.4 Å². The van der Waals surface area contributed by atoms with E-state index < -0.39 is 12.2 Å². The van der Waals surface area contributed by atoms with Crippen LogP contribution in [0.1, 0.15) is 42.0 Å². The Morgan fingerprint density at radius 1 is 1.05 bits per heavy atom. The largest absolute Gasteiger partial charge is 0.573 e. The Balaban J connectivity index is 1.21. The van der Waals surface area contributed by atoms with Crippen LogP contribution in [0.2, 0.25) is 0 Å². The van der Waals surface area contributed by atoms with Gasteiger partial charge in [0.2, 0.25) is 0 Å². The summed E-state index contributed by atoms with van der Waals surface area (Å²) < 4.78 is 71.7. The summed E-state index contributed by atoms with van der Waals surface area (Å²) in [5, 5.41) is 0. The standard InChI is InChI=1S/C30H29F5N4O2/c1-3-25-29(39-13-12-21(31)17-28(39)36-25)27(40)11-5-20-4-10-26(24(32)16-20)37-14-15-38(19(2)18-37)22-6-8-23(9-7-22)41-30(33,34)35/h4,6-10,12-13,16-17,19H,3,5,11,14-15,18H2,1-2H3/t19-/m0/s1. The van der Waals surface area contributed by atoms with Crippen molar-refractivity contribution >= 4 is 22.8 Å². The molecule has 4 aromatic rings. The van der Waals surface area contributed by atoms with Crippen LogP contribution in [0, 0.1) is 11.6 Å². The Kier molecular flexibility index (Phi) is 7.88. The molecule has 0 radical (unpaired) electrons. The number of hydrogen-bond acceptors (Lipinski definition) is 5. The highest BCUT2D eigenvalue weighted by atomic mass is 19.4. The number of nitrogens with zero attached hydrogens (tertiary/aromatic N) is 4. The zero-order valence-electron chi connectivity index (χ0n) is 22.6. The molecule has 0 unspecified atom stereocenters. The maximum Gasteiger partial charge on any atom is 0.573 e. The Bertz CT molecular complexity index is 1550. The number of benzene rings is 2. The summed E-state index contributed by atoms with van der Waals surface area (Å²) in [4.78, 5) is 21.5. The molecule has 2 aromatic carbocycles. The van der Waals surface area contributed by atoms with Crippen molar-refractivity contribution in [3.8, 4) is 5.75 Å². The van der Waals surface area contributed by atoms with Gasteiger partial charge in [0.05, 0.1) is 11.4 Å². The topological polar surface area (TPSA) is 50.1 Å². The lowest BCUT2D eigenvalue weighted by atomic mass is 10.0. The summed E-state index contributed by atoms with van der Waals surface area (Å²) in [6.45, 7) is 5.45. The van der Waals surface area contributed by atoms with Crippen LogP contribution in [0.25, 0.3) is 5.65 Å². The van der Waals surface area contributed by atoms with Gasteiger partial charge in [0, 0.05) is 50.0 Å². The third-order valence-electron chi connectivity index (χ3n) is 7.28. The summed E-state index contributed by atoms with van der Waals surface area (Å²) in [7, 11) is 0. The number of fused-ring (bicyclic) bond motifs is 1.